The highest BCUT2D eigenvalue weighted by molar-refractivity contribution is 5.37. The number of benzene rings is 2. The van der Waals surface area contributed by atoms with Gasteiger partial charge in [0.1, 0.15) is 5.75 Å². The number of para-hydroxylation sites is 1. The van der Waals surface area contributed by atoms with Gasteiger partial charge in [0.2, 0.25) is 0 Å². The Balaban J connectivity index is 1.74. The Morgan fingerprint density at radius 2 is 1.74 bits per heavy atom. The Labute approximate surface area is 140 Å². The van der Waals surface area contributed by atoms with Gasteiger partial charge in [-0.15, -0.1) is 0 Å². The molecule has 0 radical (unpaired) electrons. The van der Waals surface area contributed by atoms with Crippen LogP contribution in [-0.4, -0.2) is 18.6 Å². The molecule has 1 atom stereocenters. The first-order valence-corrected chi connectivity index (χ1v) is 8.46. The van der Waals surface area contributed by atoms with E-state index in [1.807, 2.05) is 6.07 Å². The number of nitrogens with zero attached hydrogens (tertiary/aromatic N) is 1. The topological polar surface area (TPSA) is 12.5 Å². The molecule has 2 nitrogen and oxygen atoms in total. The summed E-state index contributed by atoms with van der Waals surface area (Å²) >= 11 is 0. The van der Waals surface area contributed by atoms with Crippen LogP contribution in [0.15, 0.2) is 48.5 Å². The third-order valence-corrected chi connectivity index (χ3v) is 4.71. The molecular weight excluding hydrogens is 282 g/mol. The maximum atomic E-state index is 5.78. The largest absolute Gasteiger partial charge is 0.493 e. The van der Waals surface area contributed by atoms with Gasteiger partial charge in [-0.3, -0.25) is 4.90 Å². The van der Waals surface area contributed by atoms with Gasteiger partial charge < -0.3 is 4.74 Å². The monoisotopic (exact) mass is 309 g/mol. The van der Waals surface area contributed by atoms with Crippen molar-refractivity contribution in [3.05, 3.63) is 65.2 Å². The molecule has 2 aromatic rings. The van der Waals surface area contributed by atoms with Crippen molar-refractivity contribution in [2.45, 2.75) is 45.2 Å². The van der Waals surface area contributed by atoms with E-state index in [4.69, 9.17) is 4.74 Å². The zero-order valence-corrected chi connectivity index (χ0v) is 14.7. The Morgan fingerprint density at radius 1 is 1.04 bits per heavy atom. The maximum absolute atomic E-state index is 5.78. The van der Waals surface area contributed by atoms with Gasteiger partial charge >= 0.3 is 0 Å². The average Bonchev–Trinajstić information content (AvgIpc) is 2.54. The molecule has 23 heavy (non-hydrogen) atoms. The van der Waals surface area contributed by atoms with Crippen molar-refractivity contribution >= 4 is 0 Å². The van der Waals surface area contributed by atoms with Crippen LogP contribution in [-0.2, 0) is 12.0 Å². The van der Waals surface area contributed by atoms with Crippen LogP contribution in [0.2, 0.25) is 0 Å². The SMILES string of the molecule is CN(Cc1ccc(C(C)(C)C)cc1)C1CCOc2ccccc21. The summed E-state index contributed by atoms with van der Waals surface area (Å²) in [7, 11) is 2.21. The summed E-state index contributed by atoms with van der Waals surface area (Å²) in [6.45, 7) is 8.53. The minimum absolute atomic E-state index is 0.212. The molecule has 2 heteroatoms. The molecule has 1 aliphatic rings. The molecule has 0 amide bonds. The molecule has 3 rings (SSSR count). The predicted molar refractivity (Wildman–Crippen MR) is 95.9 cm³/mol. The third kappa shape index (κ3) is 3.59. The second kappa shape index (κ2) is 6.37. The van der Waals surface area contributed by atoms with Gasteiger partial charge in [0.05, 0.1) is 6.61 Å². The van der Waals surface area contributed by atoms with Gasteiger partial charge in [0.15, 0.2) is 0 Å². The molecule has 0 aromatic heterocycles. The van der Waals surface area contributed by atoms with Crippen molar-refractivity contribution in [1.29, 1.82) is 0 Å². The molecule has 0 saturated heterocycles. The Bertz CT molecular complexity index is 654. The van der Waals surface area contributed by atoms with E-state index in [1.54, 1.807) is 0 Å². The number of hydrogen-bond donors (Lipinski definition) is 0. The smallest absolute Gasteiger partial charge is 0.124 e. The molecule has 1 unspecified atom stereocenters. The van der Waals surface area contributed by atoms with E-state index >= 15 is 0 Å². The highest BCUT2D eigenvalue weighted by Gasteiger charge is 2.24. The minimum atomic E-state index is 0.212. The van der Waals surface area contributed by atoms with Crippen molar-refractivity contribution in [3.8, 4) is 5.75 Å². The van der Waals surface area contributed by atoms with Gasteiger partial charge in [0.25, 0.3) is 0 Å². The molecule has 0 spiro atoms. The Morgan fingerprint density at radius 3 is 2.43 bits per heavy atom. The summed E-state index contributed by atoms with van der Waals surface area (Å²) in [5, 5.41) is 0. The summed E-state index contributed by atoms with van der Waals surface area (Å²) in [4.78, 5) is 2.44. The molecule has 0 N–H and O–H groups in total. The van der Waals surface area contributed by atoms with Crippen molar-refractivity contribution in [2.24, 2.45) is 0 Å². The quantitative estimate of drug-likeness (QED) is 0.796. The second-order valence-electron chi connectivity index (χ2n) is 7.55. The summed E-state index contributed by atoms with van der Waals surface area (Å²) in [5.41, 5.74) is 4.28. The van der Waals surface area contributed by atoms with Gasteiger partial charge in [-0.25, -0.2) is 0 Å². The average molecular weight is 309 g/mol. The van der Waals surface area contributed by atoms with Gasteiger partial charge in [-0.1, -0.05) is 63.2 Å². The van der Waals surface area contributed by atoms with Crippen molar-refractivity contribution in [1.82, 2.24) is 4.90 Å². The molecule has 1 aliphatic heterocycles. The van der Waals surface area contributed by atoms with Crippen LogP contribution in [0.1, 0.15) is 49.9 Å². The van der Waals surface area contributed by atoms with Crippen LogP contribution in [0.4, 0.5) is 0 Å². The number of rotatable bonds is 3. The van der Waals surface area contributed by atoms with Gasteiger partial charge in [-0.2, -0.15) is 0 Å². The van der Waals surface area contributed by atoms with Crippen LogP contribution >= 0.6 is 0 Å². The standard InChI is InChI=1S/C21H27NO/c1-21(2,3)17-11-9-16(10-12-17)15-22(4)19-13-14-23-20-8-6-5-7-18(19)20/h5-12,19H,13-15H2,1-4H3. The van der Waals surface area contributed by atoms with Gasteiger partial charge in [-0.05, 0) is 29.7 Å². The zero-order chi connectivity index (χ0) is 16.4. The molecule has 0 bridgehead atoms. The van der Waals surface area contributed by atoms with E-state index in [0.29, 0.717) is 6.04 Å². The van der Waals surface area contributed by atoms with Crippen LogP contribution in [0.25, 0.3) is 0 Å². The van der Waals surface area contributed by atoms with E-state index in [-0.39, 0.29) is 5.41 Å². The van der Waals surface area contributed by atoms with E-state index in [1.165, 1.54) is 16.7 Å². The van der Waals surface area contributed by atoms with E-state index in [2.05, 4.69) is 75.2 Å². The summed E-state index contributed by atoms with van der Waals surface area (Å²) in [5.74, 6) is 1.04. The molecular formula is C21H27NO. The fraction of sp³-hybridized carbons (Fsp3) is 0.429. The van der Waals surface area contributed by atoms with Crippen LogP contribution in [0.5, 0.6) is 5.75 Å². The van der Waals surface area contributed by atoms with Crippen LogP contribution in [0, 0.1) is 0 Å². The minimum Gasteiger partial charge on any atom is -0.493 e. The zero-order valence-electron chi connectivity index (χ0n) is 14.7. The van der Waals surface area contributed by atoms with Crippen LogP contribution < -0.4 is 4.74 Å². The molecule has 2 aromatic carbocycles. The van der Waals surface area contributed by atoms with Crippen LogP contribution in [0.3, 0.4) is 0 Å². The predicted octanol–water partition coefficient (Wildman–Crippen LogP) is 4.94. The third-order valence-electron chi connectivity index (χ3n) is 4.71. The van der Waals surface area contributed by atoms with E-state index in [0.717, 1.165) is 25.3 Å². The molecule has 0 aliphatic carbocycles. The first kappa shape index (κ1) is 16.1. The lowest BCUT2D eigenvalue weighted by Gasteiger charge is -2.33. The Hall–Kier alpha value is -1.80. The van der Waals surface area contributed by atoms with E-state index < -0.39 is 0 Å². The molecule has 0 saturated carbocycles. The van der Waals surface area contributed by atoms with Gasteiger partial charge in [0, 0.05) is 24.6 Å². The lowest BCUT2D eigenvalue weighted by atomic mass is 9.86. The summed E-state index contributed by atoms with van der Waals surface area (Å²) in [6.07, 6.45) is 1.05. The first-order chi connectivity index (χ1) is 10.9. The number of ether oxygens (including phenoxy) is 1. The fourth-order valence-electron chi connectivity index (χ4n) is 3.29. The second-order valence-corrected chi connectivity index (χ2v) is 7.55. The molecule has 0 fully saturated rings. The van der Waals surface area contributed by atoms with Crippen molar-refractivity contribution < 1.29 is 4.74 Å². The summed E-state index contributed by atoms with van der Waals surface area (Å²) < 4.78 is 5.78. The maximum Gasteiger partial charge on any atom is 0.124 e. The fourth-order valence-corrected chi connectivity index (χ4v) is 3.29. The lowest BCUT2D eigenvalue weighted by molar-refractivity contribution is 0.161. The summed E-state index contributed by atoms with van der Waals surface area (Å²) in [6, 6.07) is 17.9. The highest BCUT2D eigenvalue weighted by Crippen LogP contribution is 2.35. The molecule has 1 heterocycles. The molecule has 122 valence electrons. The van der Waals surface area contributed by atoms with Crippen molar-refractivity contribution in [3.63, 3.8) is 0 Å². The normalized spacial score (nSPS) is 17.7. The lowest BCUT2D eigenvalue weighted by Crippen LogP contribution is -2.29. The van der Waals surface area contributed by atoms with Crippen molar-refractivity contribution in [2.75, 3.05) is 13.7 Å². The Kier molecular flexibility index (Phi) is 4.45. The highest BCUT2D eigenvalue weighted by atomic mass is 16.5. The number of hydrogen-bond acceptors (Lipinski definition) is 2. The first-order valence-electron chi connectivity index (χ1n) is 8.46. The van der Waals surface area contributed by atoms with E-state index in [9.17, 15) is 0 Å². The number of fused-ring (bicyclic) bond motifs is 1.